The van der Waals surface area contributed by atoms with Gasteiger partial charge in [-0.15, -0.1) is 0 Å². The molecule has 0 atom stereocenters. The molecule has 1 N–H and O–H groups in total. The Morgan fingerprint density at radius 3 is 2.64 bits per heavy atom. The molecular formula is C22H24N2O. The quantitative estimate of drug-likeness (QED) is 0.766. The largest absolute Gasteiger partial charge is 0.372 e. The van der Waals surface area contributed by atoms with Gasteiger partial charge in [0.25, 0.3) is 5.91 Å². The number of nitrogens with one attached hydrogen (secondary N) is 1. The molecule has 1 saturated heterocycles. The van der Waals surface area contributed by atoms with Gasteiger partial charge in [-0.05, 0) is 67.0 Å². The molecule has 2 heterocycles. The number of amides is 1. The van der Waals surface area contributed by atoms with Crippen molar-refractivity contribution >= 4 is 28.4 Å². The maximum atomic E-state index is 12.6. The van der Waals surface area contributed by atoms with E-state index in [-0.39, 0.29) is 7.33 Å². The lowest BCUT2D eigenvalue weighted by Gasteiger charge is -2.29. The molecule has 0 unspecified atom stereocenters. The second kappa shape index (κ2) is 5.76. The molecule has 0 spiro atoms. The van der Waals surface area contributed by atoms with Gasteiger partial charge in [0.15, 0.2) is 0 Å². The van der Waals surface area contributed by atoms with Crippen LogP contribution < -0.4 is 10.2 Å². The van der Waals surface area contributed by atoms with Gasteiger partial charge >= 0.3 is 0 Å². The highest BCUT2D eigenvalue weighted by molar-refractivity contribution is 6.37. The number of anilines is 2. The number of carbonyl (C=O) groups is 1. The van der Waals surface area contributed by atoms with Crippen LogP contribution >= 0.6 is 0 Å². The summed E-state index contributed by atoms with van der Waals surface area (Å²) in [5.41, 5.74) is 8.08. The highest BCUT2D eigenvalue weighted by Crippen LogP contribution is 2.43. The fraction of sp³-hybridized carbons (Fsp3) is 0.318. The number of nitrogens with zero attached hydrogens (tertiary/aromatic N) is 1. The molecule has 0 bridgehead atoms. The number of rotatable bonds is 1. The van der Waals surface area contributed by atoms with E-state index in [2.05, 4.69) is 34.5 Å². The first kappa shape index (κ1) is 14.8. The molecule has 1 fully saturated rings. The summed E-state index contributed by atoms with van der Waals surface area (Å²) in [5, 5.41) is 3.01. The summed E-state index contributed by atoms with van der Waals surface area (Å²) in [4.78, 5) is 15.1. The van der Waals surface area contributed by atoms with Gasteiger partial charge < -0.3 is 10.2 Å². The standard InChI is InChI=1S/C22H22N2O.H2/c25-22-21(19-6-2-3-7-20(19)23-22)18-10-8-15-14-16(9-11-17(15)18)24-12-4-1-5-13-24;/h2-3,6-7,9,11,14H,1,4-5,8,10,12-13H2,(H,23,25);1H/b21-18-;. The van der Waals surface area contributed by atoms with E-state index in [4.69, 9.17) is 0 Å². The first-order chi connectivity index (χ1) is 12.3. The Morgan fingerprint density at radius 1 is 0.920 bits per heavy atom. The molecule has 3 aliphatic rings. The van der Waals surface area contributed by atoms with Crippen LogP contribution in [-0.2, 0) is 11.2 Å². The predicted molar refractivity (Wildman–Crippen MR) is 105 cm³/mol. The van der Waals surface area contributed by atoms with Crippen molar-refractivity contribution in [2.75, 3.05) is 23.3 Å². The van der Waals surface area contributed by atoms with Crippen LogP contribution in [0.4, 0.5) is 11.4 Å². The van der Waals surface area contributed by atoms with Crippen LogP contribution in [0.1, 0.15) is 43.8 Å². The molecule has 5 rings (SSSR count). The lowest BCUT2D eigenvalue weighted by molar-refractivity contribution is -0.110. The topological polar surface area (TPSA) is 32.3 Å². The number of allylic oxidation sites excluding steroid dienone is 1. The normalized spacial score (nSPS) is 21.9. The molecule has 1 amide bonds. The van der Waals surface area contributed by atoms with E-state index in [0.29, 0.717) is 0 Å². The molecule has 0 radical (unpaired) electrons. The number of aryl methyl sites for hydroxylation is 1. The van der Waals surface area contributed by atoms with Crippen LogP contribution in [0.25, 0.3) is 11.1 Å². The lowest BCUT2D eigenvalue weighted by Crippen LogP contribution is -2.29. The Kier molecular flexibility index (Phi) is 3.40. The van der Waals surface area contributed by atoms with E-state index in [1.165, 1.54) is 54.7 Å². The second-order valence-corrected chi connectivity index (χ2v) is 7.24. The number of para-hydroxylation sites is 1. The fourth-order valence-corrected chi connectivity index (χ4v) is 4.50. The molecule has 128 valence electrons. The van der Waals surface area contributed by atoms with E-state index in [9.17, 15) is 4.79 Å². The molecule has 1 aliphatic carbocycles. The van der Waals surface area contributed by atoms with E-state index >= 15 is 0 Å². The molecule has 25 heavy (non-hydrogen) atoms. The van der Waals surface area contributed by atoms with Gasteiger partial charge in [0.05, 0.1) is 5.57 Å². The summed E-state index contributed by atoms with van der Waals surface area (Å²) in [6.07, 6.45) is 5.93. The highest BCUT2D eigenvalue weighted by atomic mass is 16.2. The first-order valence-electron chi connectivity index (χ1n) is 9.33. The van der Waals surface area contributed by atoms with Gasteiger partial charge in [0.2, 0.25) is 0 Å². The van der Waals surface area contributed by atoms with Crippen molar-refractivity contribution in [2.24, 2.45) is 0 Å². The van der Waals surface area contributed by atoms with Gasteiger partial charge in [-0.2, -0.15) is 0 Å². The van der Waals surface area contributed by atoms with Crippen LogP contribution in [0.5, 0.6) is 0 Å². The van der Waals surface area contributed by atoms with E-state index < -0.39 is 0 Å². The van der Waals surface area contributed by atoms with Crippen molar-refractivity contribution in [3.63, 3.8) is 0 Å². The maximum absolute atomic E-state index is 12.6. The average molecular weight is 332 g/mol. The summed E-state index contributed by atoms with van der Waals surface area (Å²) in [6, 6.07) is 14.9. The Hall–Kier alpha value is -2.55. The Morgan fingerprint density at radius 2 is 1.76 bits per heavy atom. The third-order valence-electron chi connectivity index (χ3n) is 5.75. The van der Waals surface area contributed by atoms with E-state index in [0.717, 1.165) is 29.7 Å². The zero-order chi connectivity index (χ0) is 16.8. The molecule has 3 nitrogen and oxygen atoms in total. The van der Waals surface area contributed by atoms with Crippen molar-refractivity contribution in [2.45, 2.75) is 32.1 Å². The zero-order valence-electron chi connectivity index (χ0n) is 14.3. The van der Waals surface area contributed by atoms with Crippen LogP contribution in [-0.4, -0.2) is 19.0 Å². The summed E-state index contributed by atoms with van der Waals surface area (Å²) >= 11 is 0. The third kappa shape index (κ3) is 2.38. The van der Waals surface area contributed by atoms with E-state index in [1.54, 1.807) is 0 Å². The van der Waals surface area contributed by atoms with Gasteiger partial charge in [0, 0.05) is 31.5 Å². The van der Waals surface area contributed by atoms with Crippen molar-refractivity contribution in [3.05, 3.63) is 59.2 Å². The monoisotopic (exact) mass is 332 g/mol. The highest BCUT2D eigenvalue weighted by Gasteiger charge is 2.30. The number of piperidine rings is 1. The fourth-order valence-electron chi connectivity index (χ4n) is 4.50. The molecule has 0 saturated carbocycles. The maximum Gasteiger partial charge on any atom is 0.256 e. The van der Waals surface area contributed by atoms with Crippen LogP contribution in [0.3, 0.4) is 0 Å². The smallest absolute Gasteiger partial charge is 0.256 e. The minimum absolute atomic E-state index is 0. The molecule has 0 aromatic heterocycles. The van der Waals surface area contributed by atoms with Crippen LogP contribution in [0, 0.1) is 0 Å². The van der Waals surface area contributed by atoms with Gasteiger partial charge in [0.1, 0.15) is 0 Å². The Bertz CT molecular complexity index is 897. The van der Waals surface area contributed by atoms with E-state index in [1.807, 2.05) is 18.2 Å². The third-order valence-corrected chi connectivity index (χ3v) is 5.75. The number of benzene rings is 2. The molecule has 2 aliphatic heterocycles. The zero-order valence-corrected chi connectivity index (χ0v) is 14.3. The Balaban J connectivity index is 0.00000168. The molecule has 2 aromatic carbocycles. The lowest BCUT2D eigenvalue weighted by atomic mass is 9.96. The molecular weight excluding hydrogens is 308 g/mol. The van der Waals surface area contributed by atoms with Crippen LogP contribution in [0.2, 0.25) is 0 Å². The predicted octanol–water partition coefficient (Wildman–Crippen LogP) is 4.73. The summed E-state index contributed by atoms with van der Waals surface area (Å²) in [5.74, 6) is 0.0455. The summed E-state index contributed by atoms with van der Waals surface area (Å²) in [6.45, 7) is 2.34. The first-order valence-corrected chi connectivity index (χ1v) is 9.33. The SMILES string of the molecule is O=C1Nc2ccccc2/C1=C1\CCc2cc(N3CCCCC3)ccc21.[HH]. The second-order valence-electron chi connectivity index (χ2n) is 7.24. The van der Waals surface area contributed by atoms with Crippen molar-refractivity contribution in [3.8, 4) is 0 Å². The average Bonchev–Trinajstić information content (AvgIpc) is 3.21. The minimum atomic E-state index is 0. The van der Waals surface area contributed by atoms with Crippen LogP contribution in [0.15, 0.2) is 42.5 Å². The van der Waals surface area contributed by atoms with Crippen molar-refractivity contribution < 1.29 is 6.22 Å². The van der Waals surface area contributed by atoms with Gasteiger partial charge in [-0.3, -0.25) is 4.79 Å². The van der Waals surface area contributed by atoms with Crippen molar-refractivity contribution in [1.29, 1.82) is 0 Å². The summed E-state index contributed by atoms with van der Waals surface area (Å²) in [7, 11) is 0. The minimum Gasteiger partial charge on any atom is -0.372 e. The molecule has 3 heteroatoms. The Labute approximate surface area is 149 Å². The van der Waals surface area contributed by atoms with Crippen molar-refractivity contribution in [1.82, 2.24) is 0 Å². The number of fused-ring (bicyclic) bond motifs is 2. The number of hydrogen-bond acceptors (Lipinski definition) is 2. The molecule has 2 aromatic rings. The van der Waals surface area contributed by atoms with Gasteiger partial charge in [-0.1, -0.05) is 24.3 Å². The number of hydrogen-bond donors (Lipinski definition) is 1. The van der Waals surface area contributed by atoms with Gasteiger partial charge in [-0.25, -0.2) is 0 Å². The summed E-state index contributed by atoms with van der Waals surface area (Å²) < 4.78 is 0. The number of carbonyl (C=O) groups excluding carboxylic acids is 1.